The second kappa shape index (κ2) is 7.73. The Morgan fingerprint density at radius 2 is 1.86 bits per heavy atom. The number of aromatic nitrogens is 2. The van der Waals surface area contributed by atoms with E-state index in [2.05, 4.69) is 69.5 Å². The van der Waals surface area contributed by atoms with E-state index in [9.17, 15) is 0 Å². The first-order valence-corrected chi connectivity index (χ1v) is 10.2. The Morgan fingerprint density at radius 3 is 2.64 bits per heavy atom. The summed E-state index contributed by atoms with van der Waals surface area (Å²) in [5.74, 6) is 1.40. The minimum Gasteiger partial charge on any atom is -0.490 e. The fourth-order valence-corrected chi connectivity index (χ4v) is 3.81. The number of ether oxygens (including phenoxy) is 1. The van der Waals surface area contributed by atoms with Crippen LogP contribution in [0.2, 0.25) is 0 Å². The Balaban J connectivity index is 1.65. The monoisotopic (exact) mass is 389 g/mol. The van der Waals surface area contributed by atoms with Crippen LogP contribution in [-0.2, 0) is 12.8 Å². The molecule has 0 spiro atoms. The van der Waals surface area contributed by atoms with Crippen molar-refractivity contribution in [1.82, 2.24) is 9.97 Å². The van der Waals surface area contributed by atoms with E-state index in [1.54, 1.807) is 0 Å². The van der Waals surface area contributed by atoms with Crippen LogP contribution in [0, 0.1) is 13.8 Å². The van der Waals surface area contributed by atoms with Crippen LogP contribution in [0.1, 0.15) is 22.3 Å². The highest BCUT2D eigenvalue weighted by Crippen LogP contribution is 2.28. The van der Waals surface area contributed by atoms with Gasteiger partial charge in [0.1, 0.15) is 17.6 Å². The summed E-state index contributed by atoms with van der Waals surface area (Å²) >= 11 is 0. The fraction of sp³-hybridized carbons (Fsp3) is 0.217. The van der Waals surface area contributed by atoms with Crippen molar-refractivity contribution in [1.29, 1.82) is 0 Å². The Labute approximate surface area is 167 Å². The molecule has 0 bridgehead atoms. The summed E-state index contributed by atoms with van der Waals surface area (Å²) in [6.07, 6.45) is 4.40. The number of benzene rings is 2. The highest BCUT2D eigenvalue weighted by Gasteiger charge is 2.09. The van der Waals surface area contributed by atoms with Crippen LogP contribution in [0.25, 0.3) is 21.8 Å². The first-order chi connectivity index (χ1) is 13.5. The van der Waals surface area contributed by atoms with Gasteiger partial charge in [-0.05, 0) is 73.2 Å². The van der Waals surface area contributed by atoms with Gasteiger partial charge in [0.15, 0.2) is 5.82 Å². The van der Waals surface area contributed by atoms with Crippen LogP contribution in [0.4, 0.5) is 5.82 Å². The number of nitrogens with two attached hydrogens (primary N) is 1. The van der Waals surface area contributed by atoms with Crippen LogP contribution in [0.5, 0.6) is 5.75 Å². The van der Waals surface area contributed by atoms with Crippen LogP contribution >= 0.6 is 9.24 Å². The van der Waals surface area contributed by atoms with Gasteiger partial charge in [0.2, 0.25) is 0 Å². The molecular formula is C23H24N3OP. The normalized spacial score (nSPS) is 11.2. The zero-order chi connectivity index (χ0) is 19.7. The fourth-order valence-electron chi connectivity index (χ4n) is 3.61. The lowest BCUT2D eigenvalue weighted by atomic mass is 9.99. The molecule has 4 nitrogen and oxygen atoms in total. The van der Waals surface area contributed by atoms with Crippen molar-refractivity contribution >= 4 is 36.9 Å². The van der Waals surface area contributed by atoms with Crippen molar-refractivity contribution in [3.05, 3.63) is 70.9 Å². The smallest absolute Gasteiger partial charge is 0.150 e. The van der Waals surface area contributed by atoms with E-state index in [0.717, 1.165) is 40.4 Å². The molecule has 0 amide bonds. The molecule has 0 aliphatic heterocycles. The molecule has 2 aromatic carbocycles. The maximum atomic E-state index is 6.16. The van der Waals surface area contributed by atoms with Gasteiger partial charge in [0, 0.05) is 17.0 Å². The summed E-state index contributed by atoms with van der Waals surface area (Å²) in [6.45, 7) is 4.19. The van der Waals surface area contributed by atoms with E-state index in [-0.39, 0.29) is 0 Å². The van der Waals surface area contributed by atoms with Gasteiger partial charge in [0.25, 0.3) is 0 Å². The van der Waals surface area contributed by atoms with Crippen LogP contribution in [0.3, 0.4) is 0 Å². The Hall–Kier alpha value is -2.71. The Kier molecular flexibility index (Phi) is 5.15. The van der Waals surface area contributed by atoms with Crippen molar-refractivity contribution in [2.24, 2.45) is 0 Å². The van der Waals surface area contributed by atoms with E-state index in [4.69, 9.17) is 10.5 Å². The maximum absolute atomic E-state index is 6.16. The Morgan fingerprint density at radius 1 is 1.00 bits per heavy atom. The number of nitrogens with zero attached hydrogens (tertiary/aromatic N) is 2. The first-order valence-electron chi connectivity index (χ1n) is 9.42. The van der Waals surface area contributed by atoms with E-state index in [0.29, 0.717) is 12.2 Å². The average molecular weight is 389 g/mol. The number of pyridine rings is 2. The Bertz CT molecular complexity index is 1170. The van der Waals surface area contributed by atoms with Crippen molar-refractivity contribution in [3.8, 4) is 5.75 Å². The van der Waals surface area contributed by atoms with Crippen LogP contribution in [-0.4, -0.2) is 16.3 Å². The zero-order valence-corrected chi connectivity index (χ0v) is 17.4. The van der Waals surface area contributed by atoms with Crippen molar-refractivity contribution in [3.63, 3.8) is 0 Å². The van der Waals surface area contributed by atoms with Gasteiger partial charge < -0.3 is 10.5 Å². The number of aryl methyl sites for hydroxylation is 4. The molecule has 0 aliphatic rings. The molecule has 4 rings (SSSR count). The molecule has 4 aromatic rings. The molecule has 5 heteroatoms. The van der Waals surface area contributed by atoms with Gasteiger partial charge in [-0.1, -0.05) is 27.4 Å². The third kappa shape index (κ3) is 3.65. The third-order valence-electron chi connectivity index (χ3n) is 5.12. The number of hydrogen-bond acceptors (Lipinski definition) is 4. The molecule has 0 saturated carbocycles. The van der Waals surface area contributed by atoms with Gasteiger partial charge >= 0.3 is 0 Å². The number of rotatable bonds is 5. The quantitative estimate of drug-likeness (QED) is 0.386. The van der Waals surface area contributed by atoms with Crippen molar-refractivity contribution < 1.29 is 4.74 Å². The van der Waals surface area contributed by atoms with E-state index < -0.39 is 0 Å². The van der Waals surface area contributed by atoms with Gasteiger partial charge in [-0.15, -0.1) is 0 Å². The standard InChI is InChI=1S/C23H24N3OP/c1-14-3-8-19-20-11-16(12-25-22(20)23(24)26-21(19)9-14)4-5-17-6-7-18(27-13-28)10-15(17)2/h3,6-12H,4-5,13,28H2,1-2H3,(H2,24,26). The molecule has 0 radical (unpaired) electrons. The third-order valence-corrected chi connectivity index (χ3v) is 5.28. The van der Waals surface area contributed by atoms with Gasteiger partial charge in [-0.2, -0.15) is 0 Å². The van der Waals surface area contributed by atoms with Crippen molar-refractivity contribution in [2.75, 3.05) is 12.1 Å². The molecule has 1 atom stereocenters. The largest absolute Gasteiger partial charge is 0.490 e. The molecule has 0 fully saturated rings. The minimum absolute atomic E-state index is 0.486. The average Bonchev–Trinajstić information content (AvgIpc) is 2.67. The predicted molar refractivity (Wildman–Crippen MR) is 120 cm³/mol. The minimum atomic E-state index is 0.486. The SMILES string of the molecule is Cc1ccc2c(c1)nc(N)c1ncc(CCc3ccc(OCP)cc3C)cc12. The van der Waals surface area contributed by atoms with Gasteiger partial charge in [-0.3, -0.25) is 4.98 Å². The molecule has 1 unspecified atom stereocenters. The molecular weight excluding hydrogens is 365 g/mol. The summed E-state index contributed by atoms with van der Waals surface area (Å²) in [6, 6.07) is 14.8. The van der Waals surface area contributed by atoms with E-state index in [1.807, 2.05) is 12.3 Å². The molecule has 28 heavy (non-hydrogen) atoms. The molecule has 0 saturated heterocycles. The summed E-state index contributed by atoms with van der Waals surface area (Å²) in [4.78, 5) is 9.14. The van der Waals surface area contributed by atoms with Gasteiger partial charge in [-0.25, -0.2) is 4.98 Å². The molecule has 2 N–H and O–H groups in total. The summed E-state index contributed by atoms with van der Waals surface area (Å²) in [5.41, 5.74) is 12.8. The molecule has 142 valence electrons. The summed E-state index contributed by atoms with van der Waals surface area (Å²) in [5, 5.41) is 2.17. The lowest BCUT2D eigenvalue weighted by molar-refractivity contribution is 0.392. The summed E-state index contributed by atoms with van der Waals surface area (Å²) < 4.78 is 5.55. The highest BCUT2D eigenvalue weighted by molar-refractivity contribution is 7.16. The second-order valence-electron chi connectivity index (χ2n) is 7.16. The predicted octanol–water partition coefficient (Wildman–Crippen LogP) is 4.98. The molecule has 0 aliphatic carbocycles. The van der Waals surface area contributed by atoms with Crippen molar-refractivity contribution in [2.45, 2.75) is 26.7 Å². The van der Waals surface area contributed by atoms with E-state index >= 15 is 0 Å². The zero-order valence-electron chi connectivity index (χ0n) is 16.2. The second-order valence-corrected chi connectivity index (χ2v) is 7.49. The van der Waals surface area contributed by atoms with Gasteiger partial charge in [0.05, 0.1) is 5.52 Å². The number of anilines is 1. The number of nitrogen functional groups attached to an aromatic ring is 1. The lowest BCUT2D eigenvalue weighted by Crippen LogP contribution is -1.99. The first kappa shape index (κ1) is 18.6. The maximum Gasteiger partial charge on any atom is 0.150 e. The number of hydrogen-bond donors (Lipinski definition) is 1. The molecule has 2 aromatic heterocycles. The highest BCUT2D eigenvalue weighted by atomic mass is 31.0. The summed E-state index contributed by atoms with van der Waals surface area (Å²) in [7, 11) is 2.58. The van der Waals surface area contributed by atoms with Crippen LogP contribution < -0.4 is 10.5 Å². The topological polar surface area (TPSA) is 61.0 Å². The van der Waals surface area contributed by atoms with E-state index in [1.165, 1.54) is 22.3 Å². The molecule has 2 heterocycles. The van der Waals surface area contributed by atoms with Crippen LogP contribution in [0.15, 0.2) is 48.7 Å². The lowest BCUT2D eigenvalue weighted by Gasteiger charge is -2.11. The number of fused-ring (bicyclic) bond motifs is 3.